The summed E-state index contributed by atoms with van der Waals surface area (Å²) in [5, 5.41) is 10.4. The highest BCUT2D eigenvalue weighted by Gasteiger charge is 2.12. The highest BCUT2D eigenvalue weighted by molar-refractivity contribution is 7.12. The van der Waals surface area contributed by atoms with Crippen molar-refractivity contribution >= 4 is 29.8 Å². The van der Waals surface area contributed by atoms with Gasteiger partial charge in [-0.25, -0.2) is 4.98 Å². The van der Waals surface area contributed by atoms with E-state index in [0.29, 0.717) is 22.8 Å². The third-order valence-corrected chi connectivity index (χ3v) is 3.70. The summed E-state index contributed by atoms with van der Waals surface area (Å²) in [6.07, 6.45) is 6.15. The molecule has 0 saturated carbocycles. The molecule has 0 atom stereocenters. The maximum absolute atomic E-state index is 11.1. The van der Waals surface area contributed by atoms with Gasteiger partial charge in [-0.05, 0) is 18.6 Å². The number of nitrogens with zero attached hydrogens (tertiary/aromatic N) is 4. The second-order valence-electron chi connectivity index (χ2n) is 4.45. The predicted octanol–water partition coefficient (Wildman–Crippen LogP) is 3.02. The Kier molecular flexibility index (Phi) is 3.70. The Morgan fingerprint density at radius 1 is 1.19 bits per heavy atom. The van der Waals surface area contributed by atoms with E-state index in [1.54, 1.807) is 10.9 Å². The summed E-state index contributed by atoms with van der Waals surface area (Å²) in [4.78, 5) is 15.3. The van der Waals surface area contributed by atoms with Gasteiger partial charge in [0.2, 0.25) is 5.13 Å². The molecule has 3 rings (SSSR count). The van der Waals surface area contributed by atoms with Gasteiger partial charge in [0.1, 0.15) is 5.69 Å². The number of hydrogen-bond acceptors (Lipinski definition) is 5. The minimum absolute atomic E-state index is 0.300. The smallest absolute Gasteiger partial charge is 0.212 e. The molecule has 0 N–H and O–H groups in total. The van der Waals surface area contributed by atoms with Crippen LogP contribution >= 0.6 is 11.3 Å². The lowest BCUT2D eigenvalue weighted by Crippen LogP contribution is -1.98. The molecule has 0 aliphatic rings. The summed E-state index contributed by atoms with van der Waals surface area (Å²) in [6.45, 7) is 2.04. The highest BCUT2D eigenvalue weighted by atomic mass is 32.1. The number of carbonyl (C=O) groups is 1. The van der Waals surface area contributed by atoms with E-state index in [2.05, 4.69) is 15.3 Å². The molecule has 2 aromatic heterocycles. The summed E-state index contributed by atoms with van der Waals surface area (Å²) in [5.41, 5.74) is 3.17. The first-order valence-corrected chi connectivity index (χ1v) is 7.21. The van der Waals surface area contributed by atoms with Crippen molar-refractivity contribution in [2.24, 2.45) is 0 Å². The first-order valence-electron chi connectivity index (χ1n) is 6.33. The SMILES string of the molecule is Cc1ccc(/C=C/c2c(C=O)nnn2-c2nccs2)cc1. The third kappa shape index (κ3) is 2.80. The van der Waals surface area contributed by atoms with E-state index in [9.17, 15) is 4.79 Å². The molecule has 0 radical (unpaired) electrons. The van der Waals surface area contributed by atoms with Gasteiger partial charge in [-0.3, -0.25) is 4.79 Å². The van der Waals surface area contributed by atoms with E-state index in [1.807, 2.05) is 48.7 Å². The average molecular weight is 296 g/mol. The van der Waals surface area contributed by atoms with Gasteiger partial charge in [-0.15, -0.1) is 16.4 Å². The topological polar surface area (TPSA) is 60.7 Å². The van der Waals surface area contributed by atoms with Crippen molar-refractivity contribution in [3.8, 4) is 5.13 Å². The van der Waals surface area contributed by atoms with Crippen LogP contribution < -0.4 is 0 Å². The Balaban J connectivity index is 1.99. The Bertz CT molecular complexity index is 773. The molecule has 0 saturated heterocycles. The van der Waals surface area contributed by atoms with Crippen molar-refractivity contribution in [1.82, 2.24) is 20.0 Å². The number of hydrogen-bond donors (Lipinski definition) is 0. The minimum atomic E-state index is 0.300. The van der Waals surface area contributed by atoms with E-state index in [4.69, 9.17) is 0 Å². The van der Waals surface area contributed by atoms with Crippen molar-refractivity contribution in [1.29, 1.82) is 0 Å². The quantitative estimate of drug-likeness (QED) is 0.694. The van der Waals surface area contributed by atoms with Crippen LogP contribution in [-0.2, 0) is 0 Å². The lowest BCUT2D eigenvalue weighted by Gasteiger charge is -1.99. The molecule has 6 heteroatoms. The number of aryl methyl sites for hydroxylation is 1. The summed E-state index contributed by atoms with van der Waals surface area (Å²) in [7, 11) is 0. The van der Waals surface area contributed by atoms with Gasteiger partial charge in [0.15, 0.2) is 12.0 Å². The molecule has 0 aliphatic heterocycles. The first kappa shape index (κ1) is 13.4. The molecular weight excluding hydrogens is 284 g/mol. The number of carbonyl (C=O) groups excluding carboxylic acids is 1. The van der Waals surface area contributed by atoms with Crippen molar-refractivity contribution in [3.05, 3.63) is 58.4 Å². The zero-order valence-electron chi connectivity index (χ0n) is 11.3. The molecule has 0 aliphatic carbocycles. The molecule has 0 bridgehead atoms. The number of aldehydes is 1. The zero-order chi connectivity index (χ0) is 14.7. The van der Waals surface area contributed by atoms with Crippen LogP contribution in [0.1, 0.15) is 27.3 Å². The Morgan fingerprint density at radius 2 is 2.00 bits per heavy atom. The molecule has 1 aromatic carbocycles. The zero-order valence-corrected chi connectivity index (χ0v) is 12.1. The number of aromatic nitrogens is 4. The van der Waals surface area contributed by atoms with Gasteiger partial charge < -0.3 is 0 Å². The maximum Gasteiger partial charge on any atom is 0.212 e. The number of thiazole rings is 1. The van der Waals surface area contributed by atoms with Crippen molar-refractivity contribution in [3.63, 3.8) is 0 Å². The lowest BCUT2D eigenvalue weighted by atomic mass is 10.1. The Hall–Kier alpha value is -2.60. The Labute approximate surface area is 125 Å². The van der Waals surface area contributed by atoms with Crippen LogP contribution in [-0.4, -0.2) is 26.3 Å². The molecule has 0 unspecified atom stereocenters. The molecule has 3 aromatic rings. The van der Waals surface area contributed by atoms with Crippen LogP contribution in [0.3, 0.4) is 0 Å². The van der Waals surface area contributed by atoms with E-state index < -0.39 is 0 Å². The molecular formula is C15H12N4OS. The fourth-order valence-electron chi connectivity index (χ4n) is 1.86. The lowest BCUT2D eigenvalue weighted by molar-refractivity contribution is 0.111. The van der Waals surface area contributed by atoms with Crippen LogP contribution in [0, 0.1) is 6.92 Å². The molecule has 0 amide bonds. The summed E-state index contributed by atoms with van der Waals surface area (Å²) >= 11 is 1.44. The third-order valence-electron chi connectivity index (χ3n) is 2.96. The second-order valence-corrected chi connectivity index (χ2v) is 5.32. The van der Waals surface area contributed by atoms with Crippen molar-refractivity contribution in [2.75, 3.05) is 0 Å². The number of rotatable bonds is 4. The van der Waals surface area contributed by atoms with Crippen LogP contribution in [0.4, 0.5) is 0 Å². The second kappa shape index (κ2) is 5.80. The van der Waals surface area contributed by atoms with Crippen molar-refractivity contribution in [2.45, 2.75) is 6.92 Å². The fraction of sp³-hybridized carbons (Fsp3) is 0.0667. The molecule has 5 nitrogen and oxygen atoms in total. The normalized spacial score (nSPS) is 11.1. The van der Waals surface area contributed by atoms with Crippen LogP contribution in [0.15, 0.2) is 35.8 Å². The fourth-order valence-corrected chi connectivity index (χ4v) is 2.46. The van der Waals surface area contributed by atoms with Crippen LogP contribution in [0.5, 0.6) is 0 Å². The van der Waals surface area contributed by atoms with Gasteiger partial charge in [-0.1, -0.05) is 41.1 Å². The Morgan fingerprint density at radius 3 is 2.67 bits per heavy atom. The van der Waals surface area contributed by atoms with E-state index in [0.717, 1.165) is 5.56 Å². The summed E-state index contributed by atoms with van der Waals surface area (Å²) < 4.78 is 1.57. The van der Waals surface area contributed by atoms with Gasteiger partial charge in [0.25, 0.3) is 0 Å². The largest absolute Gasteiger partial charge is 0.296 e. The monoisotopic (exact) mass is 296 g/mol. The van der Waals surface area contributed by atoms with Gasteiger partial charge in [0, 0.05) is 11.6 Å². The standard InChI is InChI=1S/C15H12N4OS/c1-11-2-4-12(5-3-11)6-7-14-13(10-20)17-18-19(14)15-16-8-9-21-15/h2-10H,1H3/b7-6+. The highest BCUT2D eigenvalue weighted by Crippen LogP contribution is 2.17. The van der Waals surface area contributed by atoms with Gasteiger partial charge in [0.05, 0.1) is 0 Å². The molecule has 104 valence electrons. The van der Waals surface area contributed by atoms with Gasteiger partial charge in [-0.2, -0.15) is 4.68 Å². The van der Waals surface area contributed by atoms with E-state index >= 15 is 0 Å². The molecule has 2 heterocycles. The van der Waals surface area contributed by atoms with Crippen molar-refractivity contribution < 1.29 is 4.79 Å². The number of benzene rings is 1. The summed E-state index contributed by atoms with van der Waals surface area (Å²) in [6, 6.07) is 8.11. The minimum Gasteiger partial charge on any atom is -0.296 e. The average Bonchev–Trinajstić information content (AvgIpc) is 3.15. The molecule has 0 fully saturated rings. The maximum atomic E-state index is 11.1. The van der Waals surface area contributed by atoms with E-state index in [-0.39, 0.29) is 0 Å². The first-order chi connectivity index (χ1) is 10.3. The molecule has 0 spiro atoms. The van der Waals surface area contributed by atoms with Crippen LogP contribution in [0.2, 0.25) is 0 Å². The summed E-state index contributed by atoms with van der Waals surface area (Å²) in [5.74, 6) is 0. The predicted molar refractivity (Wildman–Crippen MR) is 82.5 cm³/mol. The van der Waals surface area contributed by atoms with E-state index in [1.165, 1.54) is 16.9 Å². The van der Waals surface area contributed by atoms with Gasteiger partial charge >= 0.3 is 0 Å². The van der Waals surface area contributed by atoms with Crippen LogP contribution in [0.25, 0.3) is 17.3 Å². The molecule has 21 heavy (non-hydrogen) atoms.